The van der Waals surface area contributed by atoms with Crippen LogP contribution in [0.1, 0.15) is 38.4 Å². The number of aliphatic hydroxyl groups excluding tert-OH is 1. The molecular weight excluding hydrogens is 382 g/mol. The number of aromatic nitrogens is 3. The van der Waals surface area contributed by atoms with E-state index in [9.17, 15) is 9.90 Å². The van der Waals surface area contributed by atoms with E-state index in [2.05, 4.69) is 15.6 Å². The number of aliphatic hydroxyl groups is 1. The van der Waals surface area contributed by atoms with E-state index >= 15 is 0 Å². The minimum atomic E-state index is -0.701. The van der Waals surface area contributed by atoms with Gasteiger partial charge in [0.1, 0.15) is 11.2 Å². The average Bonchev–Trinajstić information content (AvgIpc) is 3.34. The third-order valence-electron chi connectivity index (χ3n) is 6.35. The highest BCUT2D eigenvalue weighted by molar-refractivity contribution is 5.88. The first-order chi connectivity index (χ1) is 14.4. The van der Waals surface area contributed by atoms with Gasteiger partial charge in [-0.3, -0.25) is 4.79 Å². The topological polar surface area (TPSA) is 92.5 Å². The van der Waals surface area contributed by atoms with E-state index in [4.69, 9.17) is 4.74 Å². The smallest absolute Gasteiger partial charge is 0.247 e. The molecule has 1 saturated carbocycles. The minimum absolute atomic E-state index is 0.0925. The van der Waals surface area contributed by atoms with E-state index < -0.39 is 11.6 Å². The fourth-order valence-corrected chi connectivity index (χ4v) is 4.88. The lowest BCUT2D eigenvalue weighted by Gasteiger charge is -2.34. The maximum atomic E-state index is 13.3. The van der Waals surface area contributed by atoms with E-state index in [0.717, 1.165) is 17.8 Å². The number of fused-ring (bicyclic) bond motifs is 1. The Morgan fingerprint density at radius 3 is 2.63 bits per heavy atom. The number of hydrogen-bond donors (Lipinski definition) is 2. The highest BCUT2D eigenvalue weighted by atomic mass is 16.5. The van der Waals surface area contributed by atoms with E-state index in [1.807, 2.05) is 55.3 Å². The molecule has 2 aliphatic rings. The first-order valence-corrected chi connectivity index (χ1v) is 10.6. The number of ether oxygens (including phenoxy) is 1. The van der Waals surface area contributed by atoms with E-state index in [0.29, 0.717) is 38.0 Å². The van der Waals surface area contributed by atoms with Crippen LogP contribution in [0.15, 0.2) is 36.5 Å². The van der Waals surface area contributed by atoms with Crippen LogP contribution in [0, 0.1) is 11.8 Å². The van der Waals surface area contributed by atoms with Crippen molar-refractivity contribution in [3.63, 3.8) is 0 Å². The quantitative estimate of drug-likeness (QED) is 0.753. The van der Waals surface area contributed by atoms with Crippen molar-refractivity contribution in [2.45, 2.75) is 51.0 Å². The number of carbonyl (C=O) groups excluding carboxylic acids is 1. The molecule has 8 nitrogen and oxygen atoms in total. The van der Waals surface area contributed by atoms with E-state index in [1.165, 1.54) is 0 Å². The minimum Gasteiger partial charge on any atom is -0.391 e. The molecule has 0 spiro atoms. The van der Waals surface area contributed by atoms with Gasteiger partial charge in [0.2, 0.25) is 5.91 Å². The van der Waals surface area contributed by atoms with Gasteiger partial charge in [0, 0.05) is 25.9 Å². The van der Waals surface area contributed by atoms with Gasteiger partial charge in [-0.25, -0.2) is 4.68 Å². The van der Waals surface area contributed by atoms with Gasteiger partial charge in [-0.2, -0.15) is 0 Å². The summed E-state index contributed by atoms with van der Waals surface area (Å²) in [5.41, 5.74) is 0.984. The Hall–Kier alpha value is -2.45. The number of hydrogen-bond acceptors (Lipinski definition) is 6. The molecular formula is C22H31N5O3. The van der Waals surface area contributed by atoms with Gasteiger partial charge in [0.05, 0.1) is 24.9 Å². The number of rotatable bonds is 6. The molecule has 4 atom stereocenters. The van der Waals surface area contributed by atoms with Crippen LogP contribution in [-0.4, -0.2) is 62.7 Å². The number of benzene rings is 1. The van der Waals surface area contributed by atoms with Crippen LogP contribution in [0.2, 0.25) is 0 Å². The van der Waals surface area contributed by atoms with Gasteiger partial charge >= 0.3 is 0 Å². The normalized spacial score (nSPS) is 26.5. The van der Waals surface area contributed by atoms with Gasteiger partial charge in [-0.15, -0.1) is 5.10 Å². The summed E-state index contributed by atoms with van der Waals surface area (Å²) in [4.78, 5) is 15.2. The Labute approximate surface area is 177 Å². The highest BCUT2D eigenvalue weighted by Gasteiger charge is 2.46. The van der Waals surface area contributed by atoms with Crippen molar-refractivity contribution in [2.24, 2.45) is 11.8 Å². The summed E-state index contributed by atoms with van der Waals surface area (Å²) < 4.78 is 6.88. The molecule has 4 rings (SSSR count). The molecule has 1 aromatic carbocycles. The molecule has 1 aromatic heterocycles. The summed E-state index contributed by atoms with van der Waals surface area (Å²) in [6.45, 7) is 5.66. The molecule has 1 aliphatic heterocycles. The molecule has 0 radical (unpaired) electrons. The summed E-state index contributed by atoms with van der Waals surface area (Å²) in [5, 5.41) is 22.4. The Balaban J connectivity index is 1.42. The van der Waals surface area contributed by atoms with Crippen molar-refractivity contribution >= 4 is 11.6 Å². The van der Waals surface area contributed by atoms with Gasteiger partial charge in [-0.1, -0.05) is 23.4 Å². The van der Waals surface area contributed by atoms with Crippen molar-refractivity contribution < 1.29 is 14.6 Å². The summed E-state index contributed by atoms with van der Waals surface area (Å²) in [6.07, 6.45) is 2.82. The summed E-state index contributed by atoms with van der Waals surface area (Å²) in [6, 6.07) is 9.69. The summed E-state index contributed by atoms with van der Waals surface area (Å²) >= 11 is 0. The van der Waals surface area contributed by atoms with Crippen molar-refractivity contribution in [1.29, 1.82) is 0 Å². The number of nitrogens with zero attached hydrogens (tertiary/aromatic N) is 4. The average molecular weight is 414 g/mol. The fraction of sp³-hybridized carbons (Fsp3) is 0.591. The zero-order chi connectivity index (χ0) is 21.3. The SMILES string of the molecule is COCc1cn([C@@H]2C[C@@H]3CN(C(=O)C(C)(C)Nc4ccccc4)C[C@@H]3C[C@H]2O)nn1. The second kappa shape index (κ2) is 8.35. The maximum absolute atomic E-state index is 13.3. The number of nitrogens with one attached hydrogen (secondary N) is 1. The molecule has 2 N–H and O–H groups in total. The summed E-state index contributed by atoms with van der Waals surface area (Å²) in [5.74, 6) is 0.759. The lowest BCUT2D eigenvalue weighted by atomic mass is 9.77. The first kappa shape index (κ1) is 20.8. The third-order valence-corrected chi connectivity index (χ3v) is 6.35. The number of likely N-dealkylation sites (tertiary alicyclic amines) is 1. The Morgan fingerprint density at radius 2 is 1.93 bits per heavy atom. The van der Waals surface area contributed by atoms with Crippen molar-refractivity contribution in [3.8, 4) is 0 Å². The van der Waals surface area contributed by atoms with Crippen LogP contribution in [-0.2, 0) is 16.1 Å². The Kier molecular flexibility index (Phi) is 5.79. The maximum Gasteiger partial charge on any atom is 0.247 e. The predicted molar refractivity (Wildman–Crippen MR) is 113 cm³/mol. The monoisotopic (exact) mass is 413 g/mol. The van der Waals surface area contributed by atoms with Gasteiger partial charge < -0.3 is 20.1 Å². The zero-order valence-corrected chi connectivity index (χ0v) is 17.9. The zero-order valence-electron chi connectivity index (χ0n) is 17.9. The molecule has 1 saturated heterocycles. The van der Waals surface area contributed by atoms with E-state index in [1.54, 1.807) is 11.8 Å². The number of carbonyl (C=O) groups is 1. The summed E-state index contributed by atoms with van der Waals surface area (Å²) in [7, 11) is 1.62. The van der Waals surface area contributed by atoms with Gasteiger partial charge in [0.15, 0.2) is 0 Å². The molecule has 2 fully saturated rings. The van der Waals surface area contributed by atoms with Crippen LogP contribution < -0.4 is 5.32 Å². The third kappa shape index (κ3) is 4.20. The Morgan fingerprint density at radius 1 is 1.23 bits per heavy atom. The number of anilines is 1. The Bertz CT molecular complexity index is 869. The molecule has 1 amide bonds. The number of methoxy groups -OCH3 is 1. The first-order valence-electron chi connectivity index (χ1n) is 10.6. The molecule has 8 heteroatoms. The number of amides is 1. The molecule has 2 heterocycles. The second-order valence-electron chi connectivity index (χ2n) is 9.08. The molecule has 0 bridgehead atoms. The standard InChI is InChI=1S/C22H31N5O3/c1-22(2,23-17-7-5-4-6-8-17)21(29)26-11-15-9-19(20(28)10-16(15)12-26)27-13-18(14-30-3)24-25-27/h4-8,13,15-16,19-20,23,28H,9-12,14H2,1-3H3/t15-,16+,19-,20-/m1/s1. The molecule has 0 unspecified atom stereocenters. The van der Waals surface area contributed by atoms with Crippen LogP contribution in [0.25, 0.3) is 0 Å². The predicted octanol–water partition coefficient (Wildman–Crippen LogP) is 2.09. The van der Waals surface area contributed by atoms with Crippen LogP contribution >= 0.6 is 0 Å². The molecule has 1 aliphatic carbocycles. The van der Waals surface area contributed by atoms with Crippen LogP contribution in [0.5, 0.6) is 0 Å². The van der Waals surface area contributed by atoms with Gasteiger partial charge in [-0.05, 0) is 50.7 Å². The lowest BCUT2D eigenvalue weighted by Crippen LogP contribution is -2.49. The van der Waals surface area contributed by atoms with Crippen molar-refractivity contribution in [1.82, 2.24) is 19.9 Å². The largest absolute Gasteiger partial charge is 0.391 e. The highest BCUT2D eigenvalue weighted by Crippen LogP contribution is 2.41. The van der Waals surface area contributed by atoms with E-state index in [-0.39, 0.29) is 11.9 Å². The van der Waals surface area contributed by atoms with Crippen LogP contribution in [0.3, 0.4) is 0 Å². The second-order valence-corrected chi connectivity index (χ2v) is 9.08. The van der Waals surface area contributed by atoms with Gasteiger partial charge in [0.25, 0.3) is 0 Å². The number of para-hydroxylation sites is 1. The van der Waals surface area contributed by atoms with Crippen LogP contribution in [0.4, 0.5) is 5.69 Å². The van der Waals surface area contributed by atoms with Crippen molar-refractivity contribution in [2.75, 3.05) is 25.5 Å². The lowest BCUT2D eigenvalue weighted by molar-refractivity contribution is -0.134. The van der Waals surface area contributed by atoms with Crippen molar-refractivity contribution in [3.05, 3.63) is 42.2 Å². The fourth-order valence-electron chi connectivity index (χ4n) is 4.88. The molecule has 30 heavy (non-hydrogen) atoms. The molecule has 2 aromatic rings. The molecule has 162 valence electrons.